The van der Waals surface area contributed by atoms with Crippen molar-refractivity contribution in [1.29, 1.82) is 0 Å². The largest absolute Gasteiger partial charge is 0.314 e. The standard InChI is InChI=1S/C19H38N2/c1-4-16-12-13-19(20-5-2)17(14-16)15-21(6-3)18-10-8-7-9-11-18/h16-20H,4-15H2,1-3H3. The van der Waals surface area contributed by atoms with Crippen LogP contribution >= 0.6 is 0 Å². The minimum absolute atomic E-state index is 0.774. The van der Waals surface area contributed by atoms with E-state index in [1.165, 1.54) is 70.9 Å². The summed E-state index contributed by atoms with van der Waals surface area (Å²) in [5.74, 6) is 1.86. The molecule has 0 heterocycles. The van der Waals surface area contributed by atoms with Crippen LogP contribution in [0.3, 0.4) is 0 Å². The van der Waals surface area contributed by atoms with E-state index in [1.807, 2.05) is 0 Å². The van der Waals surface area contributed by atoms with E-state index in [0.717, 1.165) is 30.5 Å². The Kier molecular flexibility index (Phi) is 7.53. The number of rotatable bonds is 7. The Hall–Kier alpha value is -0.0800. The summed E-state index contributed by atoms with van der Waals surface area (Å²) in [6, 6.07) is 1.66. The molecule has 124 valence electrons. The fourth-order valence-corrected chi connectivity index (χ4v) is 4.75. The van der Waals surface area contributed by atoms with E-state index in [4.69, 9.17) is 0 Å². The van der Waals surface area contributed by atoms with E-state index in [1.54, 1.807) is 0 Å². The molecule has 0 radical (unpaired) electrons. The number of hydrogen-bond acceptors (Lipinski definition) is 2. The second-order valence-electron chi connectivity index (χ2n) is 7.39. The molecular weight excluding hydrogens is 256 g/mol. The third-order valence-electron chi connectivity index (χ3n) is 6.10. The highest BCUT2D eigenvalue weighted by Gasteiger charge is 2.32. The molecule has 2 rings (SSSR count). The lowest BCUT2D eigenvalue weighted by Gasteiger charge is -2.42. The molecule has 0 aromatic rings. The Labute approximate surface area is 133 Å². The Morgan fingerprint density at radius 2 is 1.71 bits per heavy atom. The van der Waals surface area contributed by atoms with E-state index in [2.05, 4.69) is 31.0 Å². The molecule has 2 nitrogen and oxygen atoms in total. The van der Waals surface area contributed by atoms with Crippen LogP contribution in [0.2, 0.25) is 0 Å². The van der Waals surface area contributed by atoms with Crippen LogP contribution in [-0.2, 0) is 0 Å². The lowest BCUT2D eigenvalue weighted by Crippen LogP contribution is -2.48. The molecule has 0 saturated heterocycles. The Balaban J connectivity index is 1.93. The van der Waals surface area contributed by atoms with Crippen molar-refractivity contribution >= 4 is 0 Å². The van der Waals surface area contributed by atoms with Crippen LogP contribution < -0.4 is 5.32 Å². The van der Waals surface area contributed by atoms with Gasteiger partial charge in [0.1, 0.15) is 0 Å². The fourth-order valence-electron chi connectivity index (χ4n) is 4.75. The first-order chi connectivity index (χ1) is 10.3. The molecule has 0 aliphatic heterocycles. The van der Waals surface area contributed by atoms with Gasteiger partial charge in [0.15, 0.2) is 0 Å². The van der Waals surface area contributed by atoms with Crippen molar-refractivity contribution in [3.63, 3.8) is 0 Å². The number of nitrogens with one attached hydrogen (secondary N) is 1. The Morgan fingerprint density at radius 3 is 2.33 bits per heavy atom. The highest BCUT2D eigenvalue weighted by atomic mass is 15.2. The molecule has 3 atom stereocenters. The van der Waals surface area contributed by atoms with Crippen LogP contribution in [0.4, 0.5) is 0 Å². The summed E-state index contributed by atoms with van der Waals surface area (Å²) in [6.45, 7) is 10.7. The predicted octanol–water partition coefficient (Wildman–Crippen LogP) is 4.45. The van der Waals surface area contributed by atoms with Crippen molar-refractivity contribution in [3.8, 4) is 0 Å². The molecule has 2 saturated carbocycles. The van der Waals surface area contributed by atoms with Crippen molar-refractivity contribution in [1.82, 2.24) is 10.2 Å². The first-order valence-electron chi connectivity index (χ1n) is 9.75. The summed E-state index contributed by atoms with van der Waals surface area (Å²) < 4.78 is 0. The normalized spacial score (nSPS) is 31.7. The van der Waals surface area contributed by atoms with E-state index in [9.17, 15) is 0 Å². The van der Waals surface area contributed by atoms with Crippen molar-refractivity contribution in [2.24, 2.45) is 11.8 Å². The summed E-state index contributed by atoms with van der Waals surface area (Å²) in [5, 5.41) is 3.78. The minimum Gasteiger partial charge on any atom is -0.314 e. The van der Waals surface area contributed by atoms with Crippen LogP contribution in [0, 0.1) is 11.8 Å². The Morgan fingerprint density at radius 1 is 0.952 bits per heavy atom. The van der Waals surface area contributed by atoms with E-state index < -0.39 is 0 Å². The minimum atomic E-state index is 0.774. The SMILES string of the molecule is CCNC1CCC(CC)CC1CN(CC)C1CCCCC1. The average Bonchev–Trinajstić information content (AvgIpc) is 2.55. The zero-order valence-corrected chi connectivity index (χ0v) is 14.7. The maximum Gasteiger partial charge on any atom is 0.0108 e. The van der Waals surface area contributed by atoms with Crippen LogP contribution in [0.15, 0.2) is 0 Å². The van der Waals surface area contributed by atoms with E-state index in [0.29, 0.717) is 0 Å². The van der Waals surface area contributed by atoms with Crippen molar-refractivity contribution in [2.45, 2.75) is 90.6 Å². The lowest BCUT2D eigenvalue weighted by molar-refractivity contribution is 0.0964. The van der Waals surface area contributed by atoms with Gasteiger partial charge < -0.3 is 10.2 Å². The monoisotopic (exact) mass is 294 g/mol. The van der Waals surface area contributed by atoms with Gasteiger partial charge in [0.05, 0.1) is 0 Å². The van der Waals surface area contributed by atoms with Gasteiger partial charge in [-0.2, -0.15) is 0 Å². The maximum atomic E-state index is 3.78. The van der Waals surface area contributed by atoms with Crippen molar-refractivity contribution < 1.29 is 0 Å². The molecule has 2 heteroatoms. The number of hydrogen-bond donors (Lipinski definition) is 1. The molecule has 0 aromatic heterocycles. The van der Waals surface area contributed by atoms with Gasteiger partial charge in [-0.1, -0.05) is 46.5 Å². The number of nitrogens with zero attached hydrogens (tertiary/aromatic N) is 1. The first kappa shape index (κ1) is 17.3. The highest BCUT2D eigenvalue weighted by Crippen LogP contribution is 2.33. The average molecular weight is 295 g/mol. The molecule has 0 amide bonds. The zero-order chi connectivity index (χ0) is 15.1. The van der Waals surface area contributed by atoms with Gasteiger partial charge in [0.25, 0.3) is 0 Å². The second-order valence-corrected chi connectivity index (χ2v) is 7.39. The van der Waals surface area contributed by atoms with Crippen LogP contribution in [0.1, 0.15) is 78.6 Å². The first-order valence-corrected chi connectivity index (χ1v) is 9.75. The van der Waals surface area contributed by atoms with E-state index in [-0.39, 0.29) is 0 Å². The quantitative estimate of drug-likeness (QED) is 0.746. The molecule has 0 bridgehead atoms. The summed E-state index contributed by atoms with van der Waals surface area (Å²) >= 11 is 0. The molecule has 2 aliphatic carbocycles. The third-order valence-corrected chi connectivity index (χ3v) is 6.10. The van der Waals surface area contributed by atoms with Gasteiger partial charge in [-0.3, -0.25) is 0 Å². The lowest BCUT2D eigenvalue weighted by atomic mass is 9.76. The predicted molar refractivity (Wildman–Crippen MR) is 92.7 cm³/mol. The van der Waals surface area contributed by atoms with Crippen LogP contribution in [0.25, 0.3) is 0 Å². The summed E-state index contributed by atoms with van der Waals surface area (Å²) in [6.07, 6.45) is 13.0. The maximum absolute atomic E-state index is 3.78. The van der Waals surface area contributed by atoms with E-state index >= 15 is 0 Å². The second kappa shape index (κ2) is 9.15. The fraction of sp³-hybridized carbons (Fsp3) is 1.00. The smallest absolute Gasteiger partial charge is 0.0108 e. The van der Waals surface area contributed by atoms with Crippen LogP contribution in [0.5, 0.6) is 0 Å². The molecule has 0 spiro atoms. The third kappa shape index (κ3) is 4.96. The topological polar surface area (TPSA) is 15.3 Å². The summed E-state index contributed by atoms with van der Waals surface area (Å²) in [4.78, 5) is 2.83. The molecule has 2 aliphatic rings. The molecule has 2 fully saturated rings. The molecule has 3 unspecified atom stereocenters. The van der Waals surface area contributed by atoms with Crippen molar-refractivity contribution in [3.05, 3.63) is 0 Å². The molecule has 21 heavy (non-hydrogen) atoms. The van der Waals surface area contributed by atoms with Gasteiger partial charge in [0.2, 0.25) is 0 Å². The molecule has 1 N–H and O–H groups in total. The van der Waals surface area contributed by atoms with Gasteiger partial charge >= 0.3 is 0 Å². The highest BCUT2D eigenvalue weighted by molar-refractivity contribution is 4.88. The molecular formula is C19H38N2. The summed E-state index contributed by atoms with van der Waals surface area (Å²) in [5.41, 5.74) is 0. The van der Waals surface area contributed by atoms with Crippen LogP contribution in [-0.4, -0.2) is 36.6 Å². The van der Waals surface area contributed by atoms with Gasteiger partial charge in [-0.25, -0.2) is 0 Å². The van der Waals surface area contributed by atoms with Gasteiger partial charge in [-0.15, -0.1) is 0 Å². The van der Waals surface area contributed by atoms with Gasteiger partial charge in [0, 0.05) is 18.6 Å². The molecule has 0 aromatic carbocycles. The zero-order valence-electron chi connectivity index (χ0n) is 14.7. The van der Waals surface area contributed by atoms with Crippen molar-refractivity contribution in [2.75, 3.05) is 19.6 Å². The van der Waals surface area contributed by atoms with Gasteiger partial charge in [-0.05, 0) is 57.0 Å². The Bertz CT molecular complexity index is 273. The summed E-state index contributed by atoms with van der Waals surface area (Å²) in [7, 11) is 0.